The molecule has 0 aliphatic carbocycles. The van der Waals surface area contributed by atoms with E-state index >= 15 is 0 Å². The first-order valence-electron chi connectivity index (χ1n) is 10.2. The molecular weight excluding hydrogens is 371 g/mol. The average Bonchev–Trinajstić information content (AvgIpc) is 3.10. The molecule has 2 aromatic rings. The fourth-order valence-corrected chi connectivity index (χ4v) is 4.26. The summed E-state index contributed by atoms with van der Waals surface area (Å²) < 4.78 is 20.0. The Morgan fingerprint density at radius 1 is 1.34 bits per heavy atom. The lowest BCUT2D eigenvalue weighted by molar-refractivity contribution is -0.132. The molecule has 4 rings (SSSR count). The number of carbonyl (C=O) groups is 1. The molecule has 1 aromatic carbocycles. The van der Waals surface area contributed by atoms with Gasteiger partial charge in [0.15, 0.2) is 0 Å². The number of aromatic nitrogens is 1. The maximum Gasteiger partial charge on any atom is 0.237 e. The number of piperidine rings is 1. The van der Waals surface area contributed by atoms with Crippen LogP contribution in [0.4, 0.5) is 4.39 Å². The van der Waals surface area contributed by atoms with Crippen molar-refractivity contribution in [3.05, 3.63) is 36.7 Å². The fraction of sp³-hybridized carbons (Fsp3) is 0.500. The summed E-state index contributed by atoms with van der Waals surface area (Å²) in [7, 11) is 1.66. The Labute approximate surface area is 170 Å². The Morgan fingerprint density at radius 2 is 2.17 bits per heavy atom. The predicted molar refractivity (Wildman–Crippen MR) is 111 cm³/mol. The first-order chi connectivity index (χ1) is 14.1. The summed E-state index contributed by atoms with van der Waals surface area (Å²) in [5, 5.41) is 2.13. The number of likely N-dealkylation sites (tertiary alicyclic amines) is 2. The minimum Gasteiger partial charge on any atom is -0.490 e. The molecule has 1 aromatic heterocycles. The number of nitrogens with zero attached hydrogens (tertiary/aromatic N) is 4. The second-order valence-electron chi connectivity index (χ2n) is 7.80. The van der Waals surface area contributed by atoms with E-state index < -0.39 is 6.17 Å². The second-order valence-corrected chi connectivity index (χ2v) is 7.80. The maximum atomic E-state index is 13.8. The Balaban J connectivity index is 1.31. The van der Waals surface area contributed by atoms with Crippen molar-refractivity contribution < 1.29 is 13.9 Å². The zero-order chi connectivity index (χ0) is 20.2. The van der Waals surface area contributed by atoms with Crippen molar-refractivity contribution in [1.82, 2.24) is 14.8 Å². The highest BCUT2D eigenvalue weighted by molar-refractivity contribution is 5.87. The van der Waals surface area contributed by atoms with Crippen LogP contribution in [0.2, 0.25) is 0 Å². The number of rotatable bonds is 5. The number of benzene rings is 1. The normalized spacial score (nSPS) is 23.9. The highest BCUT2D eigenvalue weighted by Crippen LogP contribution is 2.27. The van der Waals surface area contributed by atoms with Gasteiger partial charge >= 0.3 is 0 Å². The summed E-state index contributed by atoms with van der Waals surface area (Å²) in [6, 6.07) is 7.76. The minimum absolute atomic E-state index is 0.0176. The van der Waals surface area contributed by atoms with Crippen LogP contribution >= 0.6 is 0 Å². The summed E-state index contributed by atoms with van der Waals surface area (Å²) in [5.41, 5.74) is 0. The van der Waals surface area contributed by atoms with Gasteiger partial charge in [-0.1, -0.05) is 12.1 Å². The zero-order valence-corrected chi connectivity index (χ0v) is 16.7. The fourth-order valence-electron chi connectivity index (χ4n) is 4.26. The number of hydrogen-bond acceptors (Lipinski definition) is 5. The minimum atomic E-state index is -0.961. The van der Waals surface area contributed by atoms with E-state index in [9.17, 15) is 9.18 Å². The molecule has 1 amide bonds. The van der Waals surface area contributed by atoms with E-state index in [2.05, 4.69) is 14.9 Å². The summed E-state index contributed by atoms with van der Waals surface area (Å²) in [4.78, 5) is 24.6. The largest absolute Gasteiger partial charge is 0.490 e. The van der Waals surface area contributed by atoms with Gasteiger partial charge in [0.2, 0.25) is 5.91 Å². The third-order valence-electron chi connectivity index (χ3n) is 5.76. The Bertz CT molecular complexity index is 877. The van der Waals surface area contributed by atoms with E-state index in [-0.39, 0.29) is 24.6 Å². The first-order valence-corrected chi connectivity index (χ1v) is 10.2. The lowest BCUT2D eigenvalue weighted by Gasteiger charge is -2.33. The number of ether oxygens (including phenoxy) is 1. The molecule has 2 fully saturated rings. The molecule has 2 aliphatic rings. The van der Waals surface area contributed by atoms with E-state index in [0.29, 0.717) is 13.0 Å². The van der Waals surface area contributed by atoms with Gasteiger partial charge in [-0.2, -0.15) is 0 Å². The Hall–Kier alpha value is -2.54. The van der Waals surface area contributed by atoms with Gasteiger partial charge in [-0.25, -0.2) is 4.39 Å². The quantitative estimate of drug-likeness (QED) is 0.727. The molecule has 0 unspecified atom stereocenters. The molecular formula is C22H27FN4O2. The summed E-state index contributed by atoms with van der Waals surface area (Å²) >= 11 is 0. The molecule has 0 saturated carbocycles. The molecule has 0 radical (unpaired) electrons. The maximum absolute atomic E-state index is 13.8. The van der Waals surface area contributed by atoms with Crippen LogP contribution < -0.4 is 4.74 Å². The first kappa shape index (κ1) is 19.8. The number of pyridine rings is 1. The van der Waals surface area contributed by atoms with Crippen LogP contribution in [0.3, 0.4) is 0 Å². The standard InChI is InChI=1S/C22H27FN4O2/c1-24-13-18-11-17(23)14-27(18)22(28)15-26-9-6-19(7-10-26)29-21-4-2-3-16-12-25-8-5-20(16)21/h2-5,8,12-13,17-19H,6-7,9-11,14-15H2,1H3/t17-,18-/m0/s1. The van der Waals surface area contributed by atoms with Crippen molar-refractivity contribution in [2.24, 2.45) is 4.99 Å². The highest BCUT2D eigenvalue weighted by Gasteiger charge is 2.35. The average molecular weight is 398 g/mol. The molecule has 0 spiro atoms. The molecule has 3 heterocycles. The number of hydrogen-bond donors (Lipinski definition) is 0. The van der Waals surface area contributed by atoms with Crippen molar-refractivity contribution in [2.45, 2.75) is 37.6 Å². The van der Waals surface area contributed by atoms with Gasteiger partial charge in [0, 0.05) is 55.9 Å². The third kappa shape index (κ3) is 4.56. The van der Waals surface area contributed by atoms with Crippen LogP contribution in [-0.2, 0) is 4.79 Å². The van der Waals surface area contributed by atoms with Gasteiger partial charge in [-0.15, -0.1) is 0 Å². The zero-order valence-electron chi connectivity index (χ0n) is 16.7. The van der Waals surface area contributed by atoms with Gasteiger partial charge in [-0.05, 0) is 25.0 Å². The number of carbonyl (C=O) groups excluding carboxylic acids is 1. The smallest absolute Gasteiger partial charge is 0.237 e. The predicted octanol–water partition coefficient (Wildman–Crippen LogP) is 2.72. The molecule has 0 N–H and O–H groups in total. The van der Waals surface area contributed by atoms with E-state index in [4.69, 9.17) is 4.74 Å². The van der Waals surface area contributed by atoms with Gasteiger partial charge in [0.25, 0.3) is 0 Å². The van der Waals surface area contributed by atoms with Gasteiger partial charge in [0.05, 0.1) is 19.1 Å². The lowest BCUT2D eigenvalue weighted by Crippen LogP contribution is -2.46. The topological polar surface area (TPSA) is 58.0 Å². The molecule has 154 valence electrons. The number of halogens is 1. The van der Waals surface area contributed by atoms with Crippen LogP contribution in [0.25, 0.3) is 10.8 Å². The van der Waals surface area contributed by atoms with Crippen molar-refractivity contribution in [2.75, 3.05) is 33.2 Å². The lowest BCUT2D eigenvalue weighted by atomic mass is 10.1. The van der Waals surface area contributed by atoms with Crippen LogP contribution in [-0.4, -0.2) is 78.4 Å². The van der Waals surface area contributed by atoms with E-state index in [1.165, 1.54) is 0 Å². The van der Waals surface area contributed by atoms with Crippen LogP contribution in [0.1, 0.15) is 19.3 Å². The van der Waals surface area contributed by atoms with Gasteiger partial charge < -0.3 is 9.64 Å². The molecule has 7 heteroatoms. The Morgan fingerprint density at radius 3 is 2.97 bits per heavy atom. The third-order valence-corrected chi connectivity index (χ3v) is 5.76. The van der Waals surface area contributed by atoms with Crippen molar-refractivity contribution in [3.8, 4) is 5.75 Å². The van der Waals surface area contributed by atoms with Crippen molar-refractivity contribution in [1.29, 1.82) is 0 Å². The Kier molecular flexibility index (Phi) is 6.04. The van der Waals surface area contributed by atoms with Crippen LogP contribution in [0, 0.1) is 0 Å². The van der Waals surface area contributed by atoms with Gasteiger partial charge in [0.1, 0.15) is 18.0 Å². The molecule has 6 nitrogen and oxygen atoms in total. The van der Waals surface area contributed by atoms with Crippen molar-refractivity contribution in [3.63, 3.8) is 0 Å². The highest BCUT2D eigenvalue weighted by atomic mass is 19.1. The summed E-state index contributed by atoms with van der Waals surface area (Å²) in [6.45, 7) is 2.09. The van der Waals surface area contributed by atoms with Crippen LogP contribution in [0.5, 0.6) is 5.75 Å². The van der Waals surface area contributed by atoms with Gasteiger partial charge in [-0.3, -0.25) is 19.7 Å². The monoisotopic (exact) mass is 398 g/mol. The summed E-state index contributed by atoms with van der Waals surface area (Å²) in [6.07, 6.45) is 6.53. The number of fused-ring (bicyclic) bond motifs is 1. The van der Waals surface area contributed by atoms with Crippen molar-refractivity contribution >= 4 is 22.9 Å². The number of amides is 1. The molecule has 0 bridgehead atoms. The van der Waals surface area contributed by atoms with E-state index in [0.717, 1.165) is 42.5 Å². The molecule has 2 saturated heterocycles. The summed E-state index contributed by atoms with van der Waals surface area (Å²) in [5.74, 6) is 0.864. The molecule has 2 aliphatic heterocycles. The van der Waals surface area contributed by atoms with Crippen LogP contribution in [0.15, 0.2) is 41.7 Å². The van der Waals surface area contributed by atoms with E-state index in [1.54, 1.807) is 24.4 Å². The SMILES string of the molecule is CN=C[C@@H]1C[C@H](F)CN1C(=O)CN1CCC(Oc2cccc3cnccc23)CC1. The number of alkyl halides is 1. The molecule has 2 atom stereocenters. The second kappa shape index (κ2) is 8.86. The van der Waals surface area contributed by atoms with E-state index in [1.807, 2.05) is 30.5 Å². The molecule has 29 heavy (non-hydrogen) atoms. The number of aliphatic imine (C=N–C) groups is 1.